The van der Waals surface area contributed by atoms with Crippen LogP contribution in [0, 0.1) is 0 Å². The largest absolute Gasteiger partial charge is 0.350 e. The molecule has 0 unspecified atom stereocenters. The lowest BCUT2D eigenvalue weighted by molar-refractivity contribution is 0.174. The van der Waals surface area contributed by atoms with E-state index in [0.717, 1.165) is 43.7 Å². The van der Waals surface area contributed by atoms with Crippen molar-refractivity contribution in [2.24, 2.45) is 7.05 Å². The number of rotatable bonds is 3. The Kier molecular flexibility index (Phi) is 5.01. The van der Waals surface area contributed by atoms with Crippen molar-refractivity contribution in [2.75, 3.05) is 13.1 Å². The number of nitrogens with one attached hydrogen (secondary N) is 1. The van der Waals surface area contributed by atoms with Crippen LogP contribution in [0.4, 0.5) is 4.79 Å². The average Bonchev–Trinajstić information content (AvgIpc) is 3.31. The van der Waals surface area contributed by atoms with E-state index in [1.54, 1.807) is 11.6 Å². The van der Waals surface area contributed by atoms with Crippen molar-refractivity contribution in [1.29, 1.82) is 0 Å². The van der Waals surface area contributed by atoms with E-state index in [1.165, 1.54) is 17.5 Å². The quantitative estimate of drug-likeness (QED) is 0.903. The number of carbonyl (C=O) groups excluding carboxylic acids is 1. The van der Waals surface area contributed by atoms with Gasteiger partial charge in [-0.3, -0.25) is 0 Å². The van der Waals surface area contributed by atoms with Gasteiger partial charge in [-0.15, -0.1) is 0 Å². The van der Waals surface area contributed by atoms with Gasteiger partial charge in [0, 0.05) is 32.1 Å². The van der Waals surface area contributed by atoms with E-state index >= 15 is 0 Å². The summed E-state index contributed by atoms with van der Waals surface area (Å²) in [6, 6.07) is 9.94. The highest BCUT2D eigenvalue weighted by molar-refractivity contribution is 5.74. The second kappa shape index (κ2) is 7.58. The summed E-state index contributed by atoms with van der Waals surface area (Å²) < 4.78 is 3.07. The fourth-order valence-electron chi connectivity index (χ4n) is 4.28. The van der Waals surface area contributed by atoms with Gasteiger partial charge < -0.3 is 10.2 Å². The monoisotopic (exact) mass is 369 g/mol. The third-order valence-corrected chi connectivity index (χ3v) is 5.72. The molecule has 144 valence electrons. The van der Waals surface area contributed by atoms with Crippen LogP contribution in [0.25, 0.3) is 5.69 Å². The van der Waals surface area contributed by atoms with E-state index in [-0.39, 0.29) is 17.6 Å². The van der Waals surface area contributed by atoms with Gasteiger partial charge in [-0.1, -0.05) is 31.0 Å². The van der Waals surface area contributed by atoms with Crippen LogP contribution in [-0.4, -0.2) is 44.4 Å². The first-order chi connectivity index (χ1) is 13.1. The zero-order valence-corrected chi connectivity index (χ0v) is 15.8. The molecule has 2 aromatic rings. The minimum absolute atomic E-state index is 0.0242. The van der Waals surface area contributed by atoms with Gasteiger partial charge in [0.05, 0.1) is 5.69 Å². The molecule has 1 aliphatic heterocycles. The lowest BCUT2D eigenvalue weighted by atomic mass is 9.97. The van der Waals surface area contributed by atoms with Crippen LogP contribution >= 0.6 is 0 Å². The molecule has 1 atom stereocenters. The Morgan fingerprint density at radius 1 is 1.11 bits per heavy atom. The highest BCUT2D eigenvalue weighted by atomic mass is 16.2. The SMILES string of the molecule is Cn1nc([C@@H]2CCCN(C(=O)NC3CCCC3)C2)n(-c2ccccc2)c1=O. The second-order valence-corrected chi connectivity index (χ2v) is 7.65. The molecule has 27 heavy (non-hydrogen) atoms. The fraction of sp³-hybridized carbons (Fsp3) is 0.550. The van der Waals surface area contributed by atoms with Crippen LogP contribution in [0.5, 0.6) is 0 Å². The topological polar surface area (TPSA) is 72.2 Å². The normalized spacial score (nSPS) is 20.8. The van der Waals surface area contributed by atoms with Gasteiger partial charge in [0.1, 0.15) is 5.82 Å². The first-order valence-electron chi connectivity index (χ1n) is 9.90. The summed E-state index contributed by atoms with van der Waals surface area (Å²) in [5, 5.41) is 7.69. The van der Waals surface area contributed by atoms with Gasteiger partial charge in [-0.05, 0) is 37.8 Å². The number of nitrogens with zero attached hydrogens (tertiary/aromatic N) is 4. The molecule has 1 saturated heterocycles. The van der Waals surface area contributed by atoms with Crippen LogP contribution in [0.15, 0.2) is 35.1 Å². The molecule has 7 heteroatoms. The molecule has 2 heterocycles. The molecule has 1 saturated carbocycles. The summed E-state index contributed by atoms with van der Waals surface area (Å²) in [5.41, 5.74) is 0.668. The summed E-state index contributed by atoms with van der Waals surface area (Å²) in [6.45, 7) is 1.36. The van der Waals surface area contributed by atoms with Crippen molar-refractivity contribution in [2.45, 2.75) is 50.5 Å². The molecule has 0 spiro atoms. The fourth-order valence-corrected chi connectivity index (χ4v) is 4.28. The Bertz CT molecular complexity index is 851. The summed E-state index contributed by atoms with van der Waals surface area (Å²) >= 11 is 0. The predicted octanol–water partition coefficient (Wildman–Crippen LogP) is 2.40. The number of benzene rings is 1. The van der Waals surface area contributed by atoms with Gasteiger partial charge in [-0.2, -0.15) is 5.10 Å². The number of amides is 2. The molecule has 4 rings (SSSR count). The standard InChI is InChI=1S/C20H27N5O2/c1-23-20(27)25(17-11-3-2-4-12-17)18(22-23)15-8-7-13-24(14-15)19(26)21-16-9-5-6-10-16/h2-4,11-12,15-16H,5-10,13-14H2,1H3,(H,21,26)/t15-/m1/s1. The summed E-state index contributed by atoms with van der Waals surface area (Å²) in [6.07, 6.45) is 6.40. The number of hydrogen-bond acceptors (Lipinski definition) is 3. The third-order valence-electron chi connectivity index (χ3n) is 5.72. The van der Waals surface area contributed by atoms with Crippen LogP contribution < -0.4 is 11.0 Å². The zero-order valence-electron chi connectivity index (χ0n) is 15.8. The molecule has 2 fully saturated rings. The van der Waals surface area contributed by atoms with Gasteiger partial charge in [0.2, 0.25) is 0 Å². The zero-order chi connectivity index (χ0) is 18.8. The summed E-state index contributed by atoms with van der Waals surface area (Å²) in [5.74, 6) is 0.800. The van der Waals surface area contributed by atoms with E-state index in [0.29, 0.717) is 12.6 Å². The molecule has 2 aliphatic rings. The van der Waals surface area contributed by atoms with Gasteiger partial charge >= 0.3 is 11.7 Å². The number of urea groups is 1. The number of hydrogen-bond donors (Lipinski definition) is 1. The molecular weight excluding hydrogens is 342 g/mol. The van der Waals surface area contributed by atoms with Gasteiger partial charge in [-0.25, -0.2) is 18.8 Å². The van der Waals surface area contributed by atoms with Crippen molar-refractivity contribution in [3.05, 3.63) is 46.6 Å². The van der Waals surface area contributed by atoms with E-state index in [9.17, 15) is 9.59 Å². The third kappa shape index (κ3) is 3.63. The molecular formula is C20H27N5O2. The first kappa shape index (κ1) is 17.8. The maximum Gasteiger partial charge on any atom is 0.350 e. The van der Waals surface area contributed by atoms with Crippen LogP contribution in [-0.2, 0) is 7.05 Å². The lowest BCUT2D eigenvalue weighted by Gasteiger charge is -2.33. The molecule has 1 aromatic carbocycles. The van der Waals surface area contributed by atoms with Gasteiger partial charge in [0.25, 0.3) is 0 Å². The van der Waals surface area contributed by atoms with E-state index in [1.807, 2.05) is 35.2 Å². The molecule has 7 nitrogen and oxygen atoms in total. The van der Waals surface area contributed by atoms with E-state index < -0.39 is 0 Å². The van der Waals surface area contributed by atoms with E-state index in [4.69, 9.17) is 0 Å². The maximum absolute atomic E-state index is 12.7. The highest BCUT2D eigenvalue weighted by Gasteiger charge is 2.30. The maximum atomic E-state index is 12.7. The number of piperidine rings is 1. The first-order valence-corrected chi connectivity index (χ1v) is 9.90. The number of likely N-dealkylation sites (tertiary alicyclic amines) is 1. The number of aromatic nitrogens is 3. The Labute approximate surface area is 159 Å². The Balaban J connectivity index is 1.56. The second-order valence-electron chi connectivity index (χ2n) is 7.65. The molecule has 0 radical (unpaired) electrons. The Hall–Kier alpha value is -2.57. The van der Waals surface area contributed by atoms with Crippen molar-refractivity contribution in [1.82, 2.24) is 24.6 Å². The summed E-state index contributed by atoms with van der Waals surface area (Å²) in [7, 11) is 1.68. The molecule has 1 N–H and O–H groups in total. The minimum atomic E-state index is -0.149. The lowest BCUT2D eigenvalue weighted by Crippen LogP contribution is -2.48. The average molecular weight is 369 g/mol. The van der Waals surface area contributed by atoms with E-state index in [2.05, 4.69) is 10.4 Å². The minimum Gasteiger partial charge on any atom is -0.335 e. The predicted molar refractivity (Wildman–Crippen MR) is 103 cm³/mol. The molecule has 1 aromatic heterocycles. The molecule has 0 bridgehead atoms. The van der Waals surface area contributed by atoms with Crippen molar-refractivity contribution in [3.63, 3.8) is 0 Å². The highest BCUT2D eigenvalue weighted by Crippen LogP contribution is 2.27. The Morgan fingerprint density at radius 3 is 2.59 bits per heavy atom. The van der Waals surface area contributed by atoms with Crippen molar-refractivity contribution in [3.8, 4) is 5.69 Å². The number of carbonyl (C=O) groups is 1. The van der Waals surface area contributed by atoms with Crippen LogP contribution in [0.2, 0.25) is 0 Å². The smallest absolute Gasteiger partial charge is 0.335 e. The van der Waals surface area contributed by atoms with Gasteiger partial charge in [0.15, 0.2) is 0 Å². The molecule has 2 amide bonds. The Morgan fingerprint density at radius 2 is 1.85 bits per heavy atom. The summed E-state index contributed by atoms with van der Waals surface area (Å²) in [4.78, 5) is 27.2. The number of para-hydroxylation sites is 1. The van der Waals surface area contributed by atoms with Crippen LogP contribution in [0.1, 0.15) is 50.3 Å². The van der Waals surface area contributed by atoms with Crippen molar-refractivity contribution < 1.29 is 4.79 Å². The molecule has 1 aliphatic carbocycles. The van der Waals surface area contributed by atoms with Crippen molar-refractivity contribution >= 4 is 6.03 Å². The number of aryl methyl sites for hydroxylation is 1. The van der Waals surface area contributed by atoms with Crippen LogP contribution in [0.3, 0.4) is 0 Å².